The van der Waals surface area contributed by atoms with E-state index in [-0.39, 0.29) is 11.6 Å². The number of H-pyrrole nitrogens is 1. The summed E-state index contributed by atoms with van der Waals surface area (Å²) in [5.41, 5.74) is 2.23. The number of aliphatic hydroxyl groups excluding tert-OH is 1. The van der Waals surface area contributed by atoms with Gasteiger partial charge in [0.05, 0.1) is 18.6 Å². The third-order valence-electron chi connectivity index (χ3n) is 7.29. The van der Waals surface area contributed by atoms with E-state index in [9.17, 15) is 13.9 Å². The van der Waals surface area contributed by atoms with Gasteiger partial charge in [-0.3, -0.25) is 9.80 Å². The fourth-order valence-corrected chi connectivity index (χ4v) is 5.47. The first-order valence-electron chi connectivity index (χ1n) is 12.0. The Hall–Kier alpha value is -2.62. The van der Waals surface area contributed by atoms with Crippen LogP contribution in [-0.4, -0.2) is 70.7 Å². The van der Waals surface area contributed by atoms with Crippen LogP contribution in [0.15, 0.2) is 36.4 Å². The summed E-state index contributed by atoms with van der Waals surface area (Å²) in [6.07, 6.45) is 0.440. The summed E-state index contributed by atoms with van der Waals surface area (Å²) >= 11 is 0. The predicted molar refractivity (Wildman–Crippen MR) is 128 cm³/mol. The molecule has 188 valence electrons. The third kappa shape index (κ3) is 4.41. The lowest BCUT2D eigenvalue weighted by molar-refractivity contribution is -0.0869. The zero-order valence-electron chi connectivity index (χ0n) is 19.8. The third-order valence-corrected chi connectivity index (χ3v) is 7.29. The standard InChI is InChI=1S/C26H30F4N4O/c1-3-33-11-17(12-33)31-16-9-20(27)23(21(28)10-16)25-24-19(18-6-4-5-7-22(18)32-24)8-15(2)34(25)13-26(29,30)14-35/h4-7,9-10,15,17,25,31-32,35H,3,8,11-14H2,1-2H3/t15-,25-/m1/s1. The number of aromatic amines is 1. The van der Waals surface area contributed by atoms with E-state index in [4.69, 9.17) is 0 Å². The number of hydrogen-bond acceptors (Lipinski definition) is 4. The summed E-state index contributed by atoms with van der Waals surface area (Å²) in [6.45, 7) is 4.17. The van der Waals surface area contributed by atoms with E-state index in [1.54, 1.807) is 6.92 Å². The Bertz CT molecular complexity index is 1200. The van der Waals surface area contributed by atoms with Crippen LogP contribution in [0.2, 0.25) is 0 Å². The molecule has 0 radical (unpaired) electrons. The number of nitrogens with one attached hydrogen (secondary N) is 2. The summed E-state index contributed by atoms with van der Waals surface area (Å²) in [5, 5.41) is 13.3. The molecule has 2 aromatic carbocycles. The number of nitrogens with zero attached hydrogens (tertiary/aromatic N) is 2. The average molecular weight is 491 g/mol. The Labute approximate surface area is 201 Å². The highest BCUT2D eigenvalue weighted by Crippen LogP contribution is 2.43. The van der Waals surface area contributed by atoms with Crippen LogP contribution >= 0.6 is 0 Å². The molecule has 5 rings (SSSR count). The van der Waals surface area contributed by atoms with Crippen molar-refractivity contribution in [3.05, 3.63) is 64.9 Å². The smallest absolute Gasteiger partial charge is 0.283 e. The van der Waals surface area contributed by atoms with Crippen molar-refractivity contribution in [1.82, 2.24) is 14.8 Å². The molecule has 2 atom stereocenters. The van der Waals surface area contributed by atoms with Crippen LogP contribution in [0.3, 0.4) is 0 Å². The Balaban J connectivity index is 1.58. The molecule has 0 aliphatic carbocycles. The van der Waals surface area contributed by atoms with Gasteiger partial charge in [-0.2, -0.15) is 0 Å². The highest BCUT2D eigenvalue weighted by Gasteiger charge is 2.43. The van der Waals surface area contributed by atoms with Crippen molar-refractivity contribution in [2.75, 3.05) is 38.1 Å². The SMILES string of the molecule is CCN1CC(Nc2cc(F)c([C@@H]3c4[nH]c5ccccc5c4C[C@@H](C)N3CC(F)(F)CO)c(F)c2)C1. The molecule has 0 unspecified atom stereocenters. The Kier molecular flexibility index (Phi) is 6.27. The number of alkyl halides is 2. The number of anilines is 1. The van der Waals surface area contributed by atoms with Crippen molar-refractivity contribution in [3.8, 4) is 0 Å². The first-order chi connectivity index (χ1) is 16.7. The van der Waals surface area contributed by atoms with Crippen molar-refractivity contribution < 1.29 is 22.7 Å². The molecule has 9 heteroatoms. The summed E-state index contributed by atoms with van der Waals surface area (Å²) in [7, 11) is 0. The lowest BCUT2D eigenvalue weighted by Crippen LogP contribution is -2.54. The van der Waals surface area contributed by atoms with Crippen LogP contribution < -0.4 is 5.32 Å². The fraction of sp³-hybridized carbons (Fsp3) is 0.462. The van der Waals surface area contributed by atoms with Crippen LogP contribution in [-0.2, 0) is 6.42 Å². The van der Waals surface area contributed by atoms with Crippen molar-refractivity contribution >= 4 is 16.6 Å². The van der Waals surface area contributed by atoms with Gasteiger partial charge >= 0.3 is 0 Å². The van der Waals surface area contributed by atoms with Crippen LogP contribution in [0, 0.1) is 11.6 Å². The number of fused-ring (bicyclic) bond motifs is 3. The molecule has 0 spiro atoms. The first kappa shape index (κ1) is 24.1. The molecule has 1 aromatic heterocycles. The van der Waals surface area contributed by atoms with Gasteiger partial charge in [-0.1, -0.05) is 25.1 Å². The van der Waals surface area contributed by atoms with Gasteiger partial charge in [-0.05, 0) is 43.7 Å². The molecule has 5 nitrogen and oxygen atoms in total. The molecule has 0 saturated carbocycles. The minimum Gasteiger partial charge on any atom is -0.390 e. The molecule has 3 heterocycles. The molecule has 2 aliphatic rings. The number of hydrogen-bond donors (Lipinski definition) is 3. The molecule has 2 aliphatic heterocycles. The molecule has 3 N–H and O–H groups in total. The monoisotopic (exact) mass is 490 g/mol. The van der Waals surface area contributed by atoms with E-state index in [0.29, 0.717) is 17.8 Å². The summed E-state index contributed by atoms with van der Waals surface area (Å²) in [6, 6.07) is 8.59. The lowest BCUT2D eigenvalue weighted by atomic mass is 9.87. The minimum atomic E-state index is -3.42. The van der Waals surface area contributed by atoms with Crippen LogP contribution in [0.5, 0.6) is 0 Å². The fourth-order valence-electron chi connectivity index (χ4n) is 5.47. The van der Waals surface area contributed by atoms with Crippen molar-refractivity contribution in [1.29, 1.82) is 0 Å². The van der Waals surface area contributed by atoms with Gasteiger partial charge in [-0.15, -0.1) is 0 Å². The van der Waals surface area contributed by atoms with Gasteiger partial charge < -0.3 is 15.4 Å². The van der Waals surface area contributed by atoms with E-state index < -0.39 is 42.8 Å². The number of para-hydroxylation sites is 1. The van der Waals surface area contributed by atoms with E-state index in [1.165, 1.54) is 17.0 Å². The highest BCUT2D eigenvalue weighted by molar-refractivity contribution is 5.85. The summed E-state index contributed by atoms with van der Waals surface area (Å²) < 4.78 is 60.0. The van der Waals surface area contributed by atoms with Gasteiger partial charge in [0.1, 0.15) is 18.2 Å². The van der Waals surface area contributed by atoms with Gasteiger partial charge in [0.25, 0.3) is 5.92 Å². The molecule has 0 amide bonds. The van der Waals surface area contributed by atoms with Crippen LogP contribution in [0.1, 0.15) is 36.7 Å². The molecular weight excluding hydrogens is 460 g/mol. The van der Waals surface area contributed by atoms with E-state index in [0.717, 1.165) is 36.1 Å². The molecule has 1 saturated heterocycles. The molecular formula is C26H30F4N4O. The topological polar surface area (TPSA) is 54.5 Å². The Morgan fingerprint density at radius 1 is 1.14 bits per heavy atom. The maximum absolute atomic E-state index is 15.6. The van der Waals surface area contributed by atoms with Crippen molar-refractivity contribution in [3.63, 3.8) is 0 Å². The lowest BCUT2D eigenvalue weighted by Gasteiger charge is -2.42. The summed E-state index contributed by atoms with van der Waals surface area (Å²) in [4.78, 5) is 6.85. The van der Waals surface area contributed by atoms with E-state index in [1.807, 2.05) is 24.3 Å². The number of halogens is 4. The average Bonchev–Trinajstić information content (AvgIpc) is 3.15. The molecule has 35 heavy (non-hydrogen) atoms. The quantitative estimate of drug-likeness (QED) is 0.426. The minimum absolute atomic E-state index is 0.106. The number of rotatable bonds is 7. The second kappa shape index (κ2) is 9.11. The first-order valence-corrected chi connectivity index (χ1v) is 12.0. The number of likely N-dealkylation sites (N-methyl/N-ethyl adjacent to an activating group) is 1. The van der Waals surface area contributed by atoms with E-state index in [2.05, 4.69) is 22.1 Å². The normalized spacial score (nSPS) is 21.8. The zero-order valence-corrected chi connectivity index (χ0v) is 19.8. The zero-order chi connectivity index (χ0) is 24.9. The van der Waals surface area contributed by atoms with Crippen molar-refractivity contribution in [2.45, 2.75) is 44.3 Å². The molecule has 3 aromatic rings. The maximum atomic E-state index is 15.6. The van der Waals surface area contributed by atoms with Crippen LogP contribution in [0.4, 0.5) is 23.2 Å². The van der Waals surface area contributed by atoms with Gasteiger partial charge in [0.15, 0.2) is 0 Å². The molecule has 1 fully saturated rings. The number of aromatic nitrogens is 1. The number of likely N-dealkylation sites (tertiary alicyclic amines) is 1. The van der Waals surface area contributed by atoms with E-state index >= 15 is 8.78 Å². The second-order valence-corrected chi connectivity index (χ2v) is 9.75. The Morgan fingerprint density at radius 3 is 2.49 bits per heavy atom. The maximum Gasteiger partial charge on any atom is 0.283 e. The predicted octanol–water partition coefficient (Wildman–Crippen LogP) is 4.53. The molecule has 0 bridgehead atoms. The second-order valence-electron chi connectivity index (χ2n) is 9.75. The van der Waals surface area contributed by atoms with Gasteiger partial charge in [-0.25, -0.2) is 17.6 Å². The largest absolute Gasteiger partial charge is 0.390 e. The van der Waals surface area contributed by atoms with Gasteiger partial charge in [0, 0.05) is 47.0 Å². The highest BCUT2D eigenvalue weighted by atomic mass is 19.3. The van der Waals surface area contributed by atoms with Crippen molar-refractivity contribution in [2.24, 2.45) is 0 Å². The van der Waals surface area contributed by atoms with Gasteiger partial charge in [0.2, 0.25) is 0 Å². The number of benzene rings is 2. The summed E-state index contributed by atoms with van der Waals surface area (Å²) in [5.74, 6) is -5.00. The van der Waals surface area contributed by atoms with Crippen LogP contribution in [0.25, 0.3) is 10.9 Å². The number of aliphatic hydroxyl groups is 1. The Morgan fingerprint density at radius 2 is 1.83 bits per heavy atom.